The van der Waals surface area contributed by atoms with E-state index in [0.717, 1.165) is 88.1 Å². The number of fused-ring (bicyclic) bond motifs is 1. The van der Waals surface area contributed by atoms with Gasteiger partial charge in [-0.2, -0.15) is 5.26 Å². The fourth-order valence-corrected chi connectivity index (χ4v) is 6.99. The number of hydrogen-bond acceptors (Lipinski definition) is 7. The van der Waals surface area contributed by atoms with Gasteiger partial charge in [-0.1, -0.05) is 30.7 Å². The van der Waals surface area contributed by atoms with Crippen LogP contribution in [0.3, 0.4) is 0 Å². The van der Waals surface area contributed by atoms with Gasteiger partial charge in [-0.05, 0) is 93.0 Å². The number of unbranched alkanes of at least 4 members (excludes halogenated alkanes) is 2. The lowest BCUT2D eigenvalue weighted by atomic mass is 9.74. The average Bonchev–Trinajstić information content (AvgIpc) is 3.66. The molecule has 3 fully saturated rings. The molecule has 0 radical (unpaired) electrons. The number of amides is 3. The lowest BCUT2D eigenvalue weighted by molar-refractivity contribution is -0.136. The second-order valence-electron chi connectivity index (χ2n) is 12.3. The summed E-state index contributed by atoms with van der Waals surface area (Å²) in [7, 11) is 0. The minimum Gasteiger partial charge on any atom is -0.488 e. The Morgan fingerprint density at radius 1 is 1.02 bits per heavy atom. The number of likely N-dealkylation sites (tertiary alicyclic amines) is 1. The molecule has 0 aliphatic carbocycles. The van der Waals surface area contributed by atoms with E-state index in [1.54, 1.807) is 4.90 Å². The zero-order valence-electron chi connectivity index (χ0n) is 24.7. The molecule has 2 atom stereocenters. The molecule has 226 valence electrons. The van der Waals surface area contributed by atoms with Crippen molar-refractivity contribution in [3.63, 3.8) is 0 Å². The number of nitrogens with zero attached hydrogens (tertiary/aromatic N) is 3. The molecule has 1 N–H and O–H groups in total. The van der Waals surface area contributed by atoms with Crippen LogP contribution in [0, 0.1) is 11.3 Å². The number of nitrogens with one attached hydrogen (secondary N) is 1. The van der Waals surface area contributed by atoms with Gasteiger partial charge in [0.25, 0.3) is 5.91 Å². The Hall–Kier alpha value is -3.74. The van der Waals surface area contributed by atoms with Crippen LogP contribution in [0.15, 0.2) is 42.5 Å². The van der Waals surface area contributed by atoms with Crippen LogP contribution in [0.5, 0.6) is 5.75 Å². The molecular formula is C34H40N4O5. The molecule has 0 aromatic heterocycles. The molecule has 3 saturated heterocycles. The van der Waals surface area contributed by atoms with Crippen molar-refractivity contribution >= 4 is 17.7 Å². The van der Waals surface area contributed by atoms with Gasteiger partial charge in [0.15, 0.2) is 0 Å². The van der Waals surface area contributed by atoms with Gasteiger partial charge in [-0.15, -0.1) is 0 Å². The normalized spacial score (nSPS) is 23.6. The third kappa shape index (κ3) is 6.31. The summed E-state index contributed by atoms with van der Waals surface area (Å²) >= 11 is 0. The van der Waals surface area contributed by atoms with Crippen LogP contribution in [0.1, 0.15) is 78.4 Å². The number of aryl methyl sites for hydroxylation is 1. The Kier molecular flexibility index (Phi) is 8.78. The van der Waals surface area contributed by atoms with Gasteiger partial charge in [-0.25, -0.2) is 0 Å². The maximum absolute atomic E-state index is 13.1. The van der Waals surface area contributed by atoms with Crippen LogP contribution in [-0.2, 0) is 32.7 Å². The summed E-state index contributed by atoms with van der Waals surface area (Å²) in [6, 6.07) is 16.0. The fourth-order valence-electron chi connectivity index (χ4n) is 6.99. The average molecular weight is 585 g/mol. The summed E-state index contributed by atoms with van der Waals surface area (Å²) < 4.78 is 11.4. The van der Waals surface area contributed by atoms with Gasteiger partial charge in [-0.3, -0.25) is 19.7 Å². The first-order valence-corrected chi connectivity index (χ1v) is 15.7. The Morgan fingerprint density at radius 2 is 1.84 bits per heavy atom. The zero-order valence-corrected chi connectivity index (χ0v) is 24.7. The summed E-state index contributed by atoms with van der Waals surface area (Å²) in [5.74, 6) is 0.0739. The molecule has 4 heterocycles. The quantitative estimate of drug-likeness (QED) is 0.333. The minimum atomic E-state index is -0.583. The maximum atomic E-state index is 13.1. The monoisotopic (exact) mass is 584 g/mol. The van der Waals surface area contributed by atoms with E-state index in [2.05, 4.69) is 34.5 Å². The fraction of sp³-hybridized carbons (Fsp3) is 0.529. The highest BCUT2D eigenvalue weighted by atomic mass is 16.5. The Labute approximate surface area is 253 Å². The van der Waals surface area contributed by atoms with Crippen molar-refractivity contribution in [2.75, 3.05) is 32.8 Å². The summed E-state index contributed by atoms with van der Waals surface area (Å²) in [5, 5.41) is 12.5. The molecule has 0 saturated carbocycles. The van der Waals surface area contributed by atoms with Gasteiger partial charge in [0.2, 0.25) is 11.8 Å². The highest BCUT2D eigenvalue weighted by Gasteiger charge is 2.40. The van der Waals surface area contributed by atoms with Crippen molar-refractivity contribution in [3.8, 4) is 11.8 Å². The van der Waals surface area contributed by atoms with Crippen LogP contribution in [0.25, 0.3) is 0 Å². The summed E-state index contributed by atoms with van der Waals surface area (Å²) in [6.45, 7) is 4.66. The van der Waals surface area contributed by atoms with Crippen molar-refractivity contribution < 1.29 is 23.9 Å². The van der Waals surface area contributed by atoms with Crippen LogP contribution >= 0.6 is 0 Å². The van der Waals surface area contributed by atoms with Gasteiger partial charge < -0.3 is 19.3 Å². The molecule has 2 aromatic rings. The first-order valence-electron chi connectivity index (χ1n) is 15.7. The third-order valence-electron chi connectivity index (χ3n) is 9.62. The van der Waals surface area contributed by atoms with E-state index in [-0.39, 0.29) is 30.2 Å². The van der Waals surface area contributed by atoms with Crippen molar-refractivity contribution in [2.45, 2.75) is 81.9 Å². The summed E-state index contributed by atoms with van der Waals surface area (Å²) in [6.07, 6.45) is 7.43. The molecule has 6 rings (SSSR count). The Morgan fingerprint density at radius 3 is 2.56 bits per heavy atom. The standard InChI is InChI=1S/C34H40N4O5/c35-23-34(25-8-10-26(11-9-25)43-27-14-20-42-22-27)15-18-37(19-16-34)17-3-1-2-5-24-6-4-7-28-29(24)21-38(33(28)41)30-12-13-31(39)36-32(30)40/h4,6-11,27,30H,1-3,5,12-22H2,(H,36,39,40)/t27-,30?/m1/s1. The minimum absolute atomic E-state index is 0.117. The molecule has 0 bridgehead atoms. The second kappa shape index (κ2) is 12.9. The van der Waals surface area contributed by atoms with E-state index in [9.17, 15) is 19.6 Å². The molecule has 0 spiro atoms. The van der Waals surface area contributed by atoms with Crippen LogP contribution in [0.2, 0.25) is 0 Å². The van der Waals surface area contributed by atoms with E-state index in [1.807, 2.05) is 24.3 Å². The first-order chi connectivity index (χ1) is 21.0. The highest BCUT2D eigenvalue weighted by Crippen LogP contribution is 2.36. The Balaban J connectivity index is 0.948. The molecule has 4 aliphatic heterocycles. The smallest absolute Gasteiger partial charge is 0.255 e. The highest BCUT2D eigenvalue weighted by molar-refractivity contribution is 6.05. The predicted molar refractivity (Wildman–Crippen MR) is 159 cm³/mol. The molecule has 3 amide bonds. The van der Waals surface area contributed by atoms with Gasteiger partial charge in [0, 0.05) is 24.9 Å². The number of ether oxygens (including phenoxy) is 2. The number of piperidine rings is 2. The van der Waals surface area contributed by atoms with Crippen molar-refractivity contribution in [2.24, 2.45) is 0 Å². The predicted octanol–water partition coefficient (Wildman–Crippen LogP) is 3.89. The first kappa shape index (κ1) is 29.3. The SMILES string of the molecule is N#CC1(c2ccc(O[C@@H]3CCOC3)cc2)CCN(CCCCCc2cccc3c2CN(C2CCC(=O)NC2=O)C3=O)CC1. The topological polar surface area (TPSA) is 112 Å². The number of imide groups is 1. The maximum Gasteiger partial charge on any atom is 0.255 e. The van der Waals surface area contributed by atoms with Crippen molar-refractivity contribution in [1.82, 2.24) is 15.1 Å². The number of rotatable bonds is 10. The van der Waals surface area contributed by atoms with E-state index < -0.39 is 11.5 Å². The molecule has 4 aliphatic rings. The van der Waals surface area contributed by atoms with Gasteiger partial charge in [0.1, 0.15) is 17.9 Å². The van der Waals surface area contributed by atoms with Crippen molar-refractivity contribution in [1.29, 1.82) is 5.26 Å². The van der Waals surface area contributed by atoms with E-state index in [0.29, 0.717) is 25.1 Å². The van der Waals surface area contributed by atoms with Gasteiger partial charge in [0.05, 0.1) is 24.7 Å². The van der Waals surface area contributed by atoms with Gasteiger partial charge >= 0.3 is 0 Å². The number of carbonyl (C=O) groups is 3. The Bertz CT molecular complexity index is 1390. The molecule has 9 heteroatoms. The lowest BCUT2D eigenvalue weighted by Gasteiger charge is -2.37. The number of hydrogen-bond donors (Lipinski definition) is 1. The number of benzene rings is 2. The van der Waals surface area contributed by atoms with Crippen LogP contribution in [0.4, 0.5) is 0 Å². The molecule has 43 heavy (non-hydrogen) atoms. The summed E-state index contributed by atoms with van der Waals surface area (Å²) in [4.78, 5) is 41.1. The van der Waals surface area contributed by atoms with Crippen LogP contribution in [-0.4, -0.2) is 72.5 Å². The summed E-state index contributed by atoms with van der Waals surface area (Å²) in [5.41, 5.74) is 3.51. The molecule has 1 unspecified atom stereocenters. The van der Waals surface area contributed by atoms with E-state index in [4.69, 9.17) is 9.47 Å². The lowest BCUT2D eigenvalue weighted by Crippen LogP contribution is -2.52. The third-order valence-corrected chi connectivity index (χ3v) is 9.62. The molecule has 9 nitrogen and oxygen atoms in total. The van der Waals surface area contributed by atoms with Crippen LogP contribution < -0.4 is 10.1 Å². The largest absolute Gasteiger partial charge is 0.488 e. The molecule has 2 aromatic carbocycles. The number of nitriles is 1. The molecular weight excluding hydrogens is 544 g/mol. The number of carbonyl (C=O) groups excluding carboxylic acids is 3. The van der Waals surface area contributed by atoms with E-state index in [1.165, 1.54) is 5.56 Å². The van der Waals surface area contributed by atoms with E-state index >= 15 is 0 Å². The second-order valence-corrected chi connectivity index (χ2v) is 12.3. The van der Waals surface area contributed by atoms with Crippen molar-refractivity contribution in [3.05, 3.63) is 64.7 Å². The zero-order chi connectivity index (χ0) is 29.8.